The third kappa shape index (κ3) is 4.95. The molecule has 0 saturated heterocycles. The molecule has 0 atom stereocenters. The van der Waals surface area contributed by atoms with Crippen LogP contribution in [0.5, 0.6) is 5.75 Å². The predicted octanol–water partition coefficient (Wildman–Crippen LogP) is 5.56. The molecule has 0 unspecified atom stereocenters. The summed E-state index contributed by atoms with van der Waals surface area (Å²) in [7, 11) is 1.61. The van der Waals surface area contributed by atoms with Gasteiger partial charge in [0.05, 0.1) is 42.4 Å². The zero-order chi connectivity index (χ0) is 26.1. The van der Waals surface area contributed by atoms with Crippen LogP contribution in [0.1, 0.15) is 22.6 Å². The van der Waals surface area contributed by atoms with Gasteiger partial charge in [-0.15, -0.1) is 0 Å². The van der Waals surface area contributed by atoms with Crippen molar-refractivity contribution in [3.8, 4) is 5.75 Å². The Morgan fingerprint density at radius 3 is 2.74 bits per heavy atom. The van der Waals surface area contributed by atoms with Crippen LogP contribution in [-0.2, 0) is 30.7 Å². The average molecular weight is 526 g/mol. The van der Waals surface area contributed by atoms with Gasteiger partial charge in [0.15, 0.2) is 5.78 Å². The predicted molar refractivity (Wildman–Crippen MR) is 151 cm³/mol. The Morgan fingerprint density at radius 1 is 1.08 bits per heavy atom. The Morgan fingerprint density at radius 2 is 1.89 bits per heavy atom. The van der Waals surface area contributed by atoms with E-state index >= 15 is 0 Å². The molecule has 0 aliphatic carbocycles. The van der Waals surface area contributed by atoms with Crippen molar-refractivity contribution in [1.29, 1.82) is 0 Å². The maximum absolute atomic E-state index is 13.1. The molecule has 0 bridgehead atoms. The summed E-state index contributed by atoms with van der Waals surface area (Å²) < 4.78 is 5.43. The number of pyridine rings is 1. The van der Waals surface area contributed by atoms with Crippen molar-refractivity contribution in [2.24, 2.45) is 0 Å². The SMILES string of the molecule is COc1ccc(Cl)cc1CC(=O)CN1CCc2nc3ccccc3c(NCc3nc4ccccc4[nH]3)c2C1. The molecule has 6 rings (SSSR count). The van der Waals surface area contributed by atoms with Crippen LogP contribution in [0.3, 0.4) is 0 Å². The van der Waals surface area contributed by atoms with Gasteiger partial charge in [0.2, 0.25) is 0 Å². The van der Waals surface area contributed by atoms with E-state index in [2.05, 4.69) is 27.3 Å². The zero-order valence-electron chi connectivity index (χ0n) is 21.1. The lowest BCUT2D eigenvalue weighted by atomic mass is 9.99. The van der Waals surface area contributed by atoms with Gasteiger partial charge in [-0.25, -0.2) is 4.98 Å². The summed E-state index contributed by atoms with van der Waals surface area (Å²) in [5.41, 5.74) is 7.02. The largest absolute Gasteiger partial charge is 0.496 e. The third-order valence-electron chi connectivity index (χ3n) is 7.03. The number of carbonyl (C=O) groups is 1. The molecule has 0 amide bonds. The Hall–Kier alpha value is -3.94. The van der Waals surface area contributed by atoms with Crippen LogP contribution in [0.25, 0.3) is 21.9 Å². The molecule has 7 nitrogen and oxygen atoms in total. The molecule has 2 aromatic heterocycles. The van der Waals surface area contributed by atoms with Crippen LogP contribution >= 0.6 is 11.6 Å². The topological polar surface area (TPSA) is 83.1 Å². The van der Waals surface area contributed by atoms with Gasteiger partial charge in [0.25, 0.3) is 0 Å². The molecule has 38 heavy (non-hydrogen) atoms. The normalized spacial score (nSPS) is 13.5. The second-order valence-corrected chi connectivity index (χ2v) is 10.1. The van der Waals surface area contributed by atoms with Crippen molar-refractivity contribution in [3.63, 3.8) is 0 Å². The van der Waals surface area contributed by atoms with Gasteiger partial charge in [0, 0.05) is 53.2 Å². The molecule has 0 saturated carbocycles. The van der Waals surface area contributed by atoms with Gasteiger partial charge in [-0.1, -0.05) is 41.9 Å². The molecule has 0 fully saturated rings. The minimum atomic E-state index is 0.125. The average Bonchev–Trinajstić information content (AvgIpc) is 3.34. The fraction of sp³-hybridized carbons (Fsp3) is 0.233. The number of para-hydroxylation sites is 3. The van der Waals surface area contributed by atoms with Crippen LogP contribution < -0.4 is 10.1 Å². The number of halogens is 1. The van der Waals surface area contributed by atoms with Gasteiger partial charge >= 0.3 is 0 Å². The van der Waals surface area contributed by atoms with Gasteiger partial charge in [-0.2, -0.15) is 0 Å². The maximum Gasteiger partial charge on any atom is 0.151 e. The van der Waals surface area contributed by atoms with Crippen molar-refractivity contribution in [2.75, 3.05) is 25.5 Å². The highest BCUT2D eigenvalue weighted by atomic mass is 35.5. The maximum atomic E-state index is 13.1. The number of H-pyrrole nitrogens is 1. The second-order valence-electron chi connectivity index (χ2n) is 9.62. The number of hydrogen-bond donors (Lipinski definition) is 2. The number of nitrogens with zero attached hydrogens (tertiary/aromatic N) is 3. The summed E-state index contributed by atoms with van der Waals surface area (Å²) in [6.07, 6.45) is 1.06. The molecule has 0 radical (unpaired) electrons. The molecule has 1 aliphatic heterocycles. The lowest BCUT2D eigenvalue weighted by Crippen LogP contribution is -2.36. The van der Waals surface area contributed by atoms with Crippen LogP contribution in [0.15, 0.2) is 66.7 Å². The molecule has 1 aliphatic rings. The first-order valence-electron chi connectivity index (χ1n) is 12.7. The third-order valence-corrected chi connectivity index (χ3v) is 7.26. The first-order chi connectivity index (χ1) is 18.6. The molecule has 192 valence electrons. The monoisotopic (exact) mass is 525 g/mol. The van der Waals surface area contributed by atoms with Crippen LogP contribution in [0.2, 0.25) is 5.02 Å². The molecular formula is C30H28ClN5O2. The summed E-state index contributed by atoms with van der Waals surface area (Å²) in [5.74, 6) is 1.68. The number of fused-ring (bicyclic) bond motifs is 3. The van der Waals surface area contributed by atoms with E-state index in [1.807, 2.05) is 36.4 Å². The number of ether oxygens (including phenoxy) is 1. The Balaban J connectivity index is 1.24. The van der Waals surface area contributed by atoms with Gasteiger partial charge in [-0.05, 0) is 36.4 Å². The number of benzene rings is 3. The Bertz CT molecular complexity index is 1610. The van der Waals surface area contributed by atoms with Crippen molar-refractivity contribution in [1.82, 2.24) is 19.9 Å². The zero-order valence-corrected chi connectivity index (χ0v) is 21.9. The van der Waals surface area contributed by atoms with E-state index < -0.39 is 0 Å². The fourth-order valence-corrected chi connectivity index (χ4v) is 5.44. The van der Waals surface area contributed by atoms with Gasteiger partial charge in [0.1, 0.15) is 11.6 Å². The highest BCUT2D eigenvalue weighted by Gasteiger charge is 2.24. The minimum Gasteiger partial charge on any atom is -0.496 e. The number of methoxy groups -OCH3 is 1. The highest BCUT2D eigenvalue weighted by molar-refractivity contribution is 6.30. The highest BCUT2D eigenvalue weighted by Crippen LogP contribution is 2.33. The first kappa shape index (κ1) is 24.4. The molecule has 2 N–H and O–H groups in total. The number of rotatable bonds is 8. The Labute approximate surface area is 225 Å². The molecule has 3 aromatic carbocycles. The smallest absolute Gasteiger partial charge is 0.151 e. The van der Waals surface area contributed by atoms with E-state index in [4.69, 9.17) is 26.3 Å². The summed E-state index contributed by atoms with van der Waals surface area (Å²) in [6, 6.07) is 21.6. The summed E-state index contributed by atoms with van der Waals surface area (Å²) in [4.78, 5) is 28.4. The summed E-state index contributed by atoms with van der Waals surface area (Å²) >= 11 is 6.17. The lowest BCUT2D eigenvalue weighted by molar-refractivity contribution is -0.119. The van der Waals surface area contributed by atoms with Gasteiger partial charge in [-0.3, -0.25) is 14.7 Å². The van der Waals surface area contributed by atoms with Crippen molar-refractivity contribution < 1.29 is 9.53 Å². The number of imidazole rings is 1. The summed E-state index contributed by atoms with van der Waals surface area (Å²) in [5, 5.41) is 5.32. The molecule has 8 heteroatoms. The standard InChI is InChI=1S/C30H28ClN5O2/c1-38-28-11-10-20(31)14-19(28)15-21(37)17-36-13-12-25-23(18-36)30(22-6-2-3-7-24(22)33-25)32-16-29-34-26-8-4-5-9-27(26)35-29/h2-11,14H,12-13,15-18H2,1H3,(H,32,33)(H,34,35). The molecule has 3 heterocycles. The quantitative estimate of drug-likeness (QED) is 0.276. The number of Topliss-reactive ketones (excluding diaryl/α,β-unsaturated/α-hetero) is 1. The van der Waals surface area contributed by atoms with Gasteiger partial charge < -0.3 is 15.0 Å². The summed E-state index contributed by atoms with van der Waals surface area (Å²) in [6.45, 7) is 2.33. The molecule has 0 spiro atoms. The second kappa shape index (κ2) is 10.4. The number of aromatic amines is 1. The van der Waals surface area contributed by atoms with Crippen LogP contribution in [0, 0.1) is 0 Å². The first-order valence-corrected chi connectivity index (χ1v) is 13.1. The van der Waals surface area contributed by atoms with E-state index in [-0.39, 0.29) is 12.2 Å². The van der Waals surface area contributed by atoms with E-state index in [0.29, 0.717) is 30.4 Å². The van der Waals surface area contributed by atoms with Crippen LogP contribution in [-0.4, -0.2) is 45.8 Å². The number of nitrogens with one attached hydrogen (secondary N) is 2. The van der Waals surface area contributed by atoms with Crippen LogP contribution in [0.4, 0.5) is 5.69 Å². The number of aromatic nitrogens is 3. The van der Waals surface area contributed by atoms with E-state index in [0.717, 1.165) is 63.2 Å². The van der Waals surface area contributed by atoms with Crippen molar-refractivity contribution in [3.05, 3.63) is 94.4 Å². The molecular weight excluding hydrogens is 498 g/mol. The molecule has 5 aromatic rings. The number of carbonyl (C=O) groups excluding carboxylic acids is 1. The minimum absolute atomic E-state index is 0.125. The van der Waals surface area contributed by atoms with Crippen molar-refractivity contribution in [2.45, 2.75) is 25.9 Å². The Kier molecular flexibility index (Phi) is 6.70. The number of ketones is 1. The van der Waals surface area contributed by atoms with E-state index in [1.54, 1.807) is 25.3 Å². The van der Waals surface area contributed by atoms with E-state index in [9.17, 15) is 4.79 Å². The number of anilines is 1. The lowest BCUT2D eigenvalue weighted by Gasteiger charge is -2.30. The van der Waals surface area contributed by atoms with Crippen molar-refractivity contribution >= 4 is 45.0 Å². The number of hydrogen-bond acceptors (Lipinski definition) is 6. The van der Waals surface area contributed by atoms with E-state index in [1.165, 1.54) is 0 Å². The fourth-order valence-electron chi connectivity index (χ4n) is 5.25.